The number of aliphatic hydroxyl groups excluding tert-OH is 1. The molecule has 1 aromatic rings. The Labute approximate surface area is 95.7 Å². The predicted octanol–water partition coefficient (Wildman–Crippen LogP) is 2.87. The summed E-state index contributed by atoms with van der Waals surface area (Å²) in [6.07, 6.45) is -0.400. The normalized spacial score (nSPS) is 14.9. The van der Waals surface area contributed by atoms with Crippen LogP contribution in [0.3, 0.4) is 0 Å². The van der Waals surface area contributed by atoms with Crippen molar-refractivity contribution in [3.05, 3.63) is 29.8 Å². The minimum absolute atomic E-state index is 0.400. The molecule has 15 heavy (non-hydrogen) atoms. The summed E-state index contributed by atoms with van der Waals surface area (Å²) in [5.74, 6) is 0. The third-order valence-corrected chi connectivity index (χ3v) is 3.14. The fourth-order valence-electron chi connectivity index (χ4n) is 1.35. The van der Waals surface area contributed by atoms with Gasteiger partial charge in [0.25, 0.3) is 0 Å². The third-order valence-electron chi connectivity index (χ3n) is 2.08. The SMILES string of the molecule is COCC(C)Sc1cccc(C(C)O)c1. The first-order valence-corrected chi connectivity index (χ1v) is 5.95. The lowest BCUT2D eigenvalue weighted by atomic mass is 10.1. The molecule has 2 atom stereocenters. The molecule has 3 heteroatoms. The number of hydrogen-bond donors (Lipinski definition) is 1. The molecule has 2 unspecified atom stereocenters. The van der Waals surface area contributed by atoms with E-state index in [-0.39, 0.29) is 0 Å². The molecular weight excluding hydrogens is 208 g/mol. The monoisotopic (exact) mass is 226 g/mol. The van der Waals surface area contributed by atoms with Gasteiger partial charge in [-0.1, -0.05) is 19.1 Å². The van der Waals surface area contributed by atoms with Crippen LogP contribution < -0.4 is 0 Å². The molecule has 0 aliphatic heterocycles. The lowest BCUT2D eigenvalue weighted by Gasteiger charge is -2.11. The van der Waals surface area contributed by atoms with E-state index in [2.05, 4.69) is 13.0 Å². The first-order chi connectivity index (χ1) is 7.13. The fraction of sp³-hybridized carbons (Fsp3) is 0.500. The molecule has 0 fully saturated rings. The fourth-order valence-corrected chi connectivity index (χ4v) is 2.38. The van der Waals surface area contributed by atoms with Gasteiger partial charge in [-0.3, -0.25) is 0 Å². The van der Waals surface area contributed by atoms with Crippen LogP contribution in [0, 0.1) is 0 Å². The van der Waals surface area contributed by atoms with E-state index in [4.69, 9.17) is 4.74 Å². The van der Waals surface area contributed by atoms with Gasteiger partial charge in [-0.25, -0.2) is 0 Å². The molecule has 2 nitrogen and oxygen atoms in total. The molecule has 1 aromatic carbocycles. The number of methoxy groups -OCH3 is 1. The van der Waals surface area contributed by atoms with Crippen molar-refractivity contribution < 1.29 is 9.84 Å². The smallest absolute Gasteiger partial charge is 0.0762 e. The molecule has 0 saturated heterocycles. The van der Waals surface area contributed by atoms with Crippen molar-refractivity contribution in [1.29, 1.82) is 0 Å². The van der Waals surface area contributed by atoms with Gasteiger partial charge < -0.3 is 9.84 Å². The zero-order valence-corrected chi connectivity index (χ0v) is 10.3. The van der Waals surface area contributed by atoms with Crippen LogP contribution in [0.2, 0.25) is 0 Å². The van der Waals surface area contributed by atoms with E-state index in [0.29, 0.717) is 5.25 Å². The number of hydrogen-bond acceptors (Lipinski definition) is 3. The standard InChI is InChI=1S/C12H18O2S/c1-9(8-14-3)15-12-6-4-5-11(7-12)10(2)13/h4-7,9-10,13H,8H2,1-3H3. The lowest BCUT2D eigenvalue weighted by Crippen LogP contribution is -2.04. The second kappa shape index (κ2) is 6.16. The van der Waals surface area contributed by atoms with Crippen molar-refractivity contribution in [1.82, 2.24) is 0 Å². The van der Waals surface area contributed by atoms with E-state index in [1.807, 2.05) is 18.2 Å². The van der Waals surface area contributed by atoms with Gasteiger partial charge in [0.1, 0.15) is 0 Å². The van der Waals surface area contributed by atoms with Gasteiger partial charge >= 0.3 is 0 Å². The van der Waals surface area contributed by atoms with Crippen LogP contribution in [0.4, 0.5) is 0 Å². The highest BCUT2D eigenvalue weighted by molar-refractivity contribution is 8.00. The van der Waals surface area contributed by atoms with Crippen LogP contribution in [0.1, 0.15) is 25.5 Å². The summed E-state index contributed by atoms with van der Waals surface area (Å²) >= 11 is 1.76. The summed E-state index contributed by atoms with van der Waals surface area (Å²) < 4.78 is 5.08. The first kappa shape index (κ1) is 12.6. The van der Waals surface area contributed by atoms with Gasteiger partial charge in [-0.15, -0.1) is 11.8 Å². The van der Waals surface area contributed by atoms with Gasteiger partial charge in [0.2, 0.25) is 0 Å². The molecule has 0 radical (unpaired) electrons. The maximum absolute atomic E-state index is 9.45. The van der Waals surface area contributed by atoms with Crippen molar-refractivity contribution in [2.45, 2.75) is 30.1 Å². The zero-order chi connectivity index (χ0) is 11.3. The van der Waals surface area contributed by atoms with E-state index in [1.54, 1.807) is 25.8 Å². The van der Waals surface area contributed by atoms with Gasteiger partial charge in [-0.2, -0.15) is 0 Å². The Morgan fingerprint density at radius 2 is 2.13 bits per heavy atom. The van der Waals surface area contributed by atoms with Crippen molar-refractivity contribution in [2.24, 2.45) is 0 Å². The number of rotatable bonds is 5. The Morgan fingerprint density at radius 1 is 1.40 bits per heavy atom. The maximum atomic E-state index is 9.45. The molecule has 0 saturated carbocycles. The van der Waals surface area contributed by atoms with Crippen LogP contribution >= 0.6 is 11.8 Å². The van der Waals surface area contributed by atoms with E-state index < -0.39 is 6.10 Å². The van der Waals surface area contributed by atoms with Crippen molar-refractivity contribution in [3.63, 3.8) is 0 Å². The summed E-state index contributed by atoms with van der Waals surface area (Å²) in [5, 5.41) is 9.88. The molecule has 1 rings (SSSR count). The second-order valence-corrected chi connectivity index (χ2v) is 5.14. The molecule has 0 aliphatic carbocycles. The summed E-state index contributed by atoms with van der Waals surface area (Å²) in [7, 11) is 1.71. The highest BCUT2D eigenvalue weighted by Crippen LogP contribution is 2.25. The molecule has 0 spiro atoms. The van der Waals surface area contributed by atoms with E-state index in [0.717, 1.165) is 12.2 Å². The summed E-state index contributed by atoms with van der Waals surface area (Å²) in [6.45, 7) is 4.65. The average molecular weight is 226 g/mol. The highest BCUT2D eigenvalue weighted by Gasteiger charge is 2.06. The van der Waals surface area contributed by atoms with Crippen LogP contribution in [0.15, 0.2) is 29.2 Å². The Morgan fingerprint density at radius 3 is 2.73 bits per heavy atom. The Balaban J connectivity index is 2.65. The zero-order valence-electron chi connectivity index (χ0n) is 9.43. The highest BCUT2D eigenvalue weighted by atomic mass is 32.2. The molecule has 0 amide bonds. The molecule has 0 aromatic heterocycles. The topological polar surface area (TPSA) is 29.5 Å². The maximum Gasteiger partial charge on any atom is 0.0762 e. The summed E-state index contributed by atoms with van der Waals surface area (Å²) in [6, 6.07) is 8.00. The van der Waals surface area contributed by atoms with Crippen LogP contribution in [0.5, 0.6) is 0 Å². The van der Waals surface area contributed by atoms with Gasteiger partial charge in [0.15, 0.2) is 0 Å². The third kappa shape index (κ3) is 4.24. The molecular formula is C12H18O2S. The number of ether oxygens (including phenoxy) is 1. The Kier molecular flexibility index (Phi) is 5.15. The number of aliphatic hydroxyl groups is 1. The van der Waals surface area contributed by atoms with Crippen molar-refractivity contribution >= 4 is 11.8 Å². The van der Waals surface area contributed by atoms with Crippen LogP contribution in [-0.4, -0.2) is 24.1 Å². The minimum atomic E-state index is -0.400. The number of thioether (sulfide) groups is 1. The average Bonchev–Trinajstić information content (AvgIpc) is 2.18. The predicted molar refractivity (Wildman–Crippen MR) is 64.3 cm³/mol. The minimum Gasteiger partial charge on any atom is -0.389 e. The van der Waals surface area contributed by atoms with E-state index >= 15 is 0 Å². The first-order valence-electron chi connectivity index (χ1n) is 5.07. The number of benzene rings is 1. The summed E-state index contributed by atoms with van der Waals surface area (Å²) in [5.41, 5.74) is 0.963. The van der Waals surface area contributed by atoms with E-state index in [9.17, 15) is 5.11 Å². The van der Waals surface area contributed by atoms with Gasteiger partial charge in [-0.05, 0) is 24.6 Å². The molecule has 84 valence electrons. The second-order valence-electron chi connectivity index (χ2n) is 3.63. The van der Waals surface area contributed by atoms with Gasteiger partial charge in [0, 0.05) is 17.3 Å². The Bertz CT molecular complexity index is 299. The van der Waals surface area contributed by atoms with Crippen LogP contribution in [-0.2, 0) is 4.74 Å². The quantitative estimate of drug-likeness (QED) is 0.783. The Hall–Kier alpha value is -0.510. The molecule has 1 N–H and O–H groups in total. The van der Waals surface area contributed by atoms with E-state index in [1.165, 1.54) is 4.90 Å². The molecule has 0 aliphatic rings. The van der Waals surface area contributed by atoms with Crippen LogP contribution in [0.25, 0.3) is 0 Å². The van der Waals surface area contributed by atoms with Crippen molar-refractivity contribution in [3.8, 4) is 0 Å². The molecule has 0 heterocycles. The summed E-state index contributed by atoms with van der Waals surface area (Å²) in [4.78, 5) is 1.18. The van der Waals surface area contributed by atoms with Gasteiger partial charge in [0.05, 0.1) is 12.7 Å². The van der Waals surface area contributed by atoms with Crippen molar-refractivity contribution in [2.75, 3.05) is 13.7 Å². The molecule has 0 bridgehead atoms. The lowest BCUT2D eigenvalue weighted by molar-refractivity contribution is 0.199. The largest absolute Gasteiger partial charge is 0.389 e.